The zero-order valence-corrected chi connectivity index (χ0v) is 10.5. The van der Waals surface area contributed by atoms with Gasteiger partial charge in [-0.05, 0) is 17.7 Å². The van der Waals surface area contributed by atoms with E-state index >= 15 is 0 Å². The second-order valence-electron chi connectivity index (χ2n) is 4.22. The van der Waals surface area contributed by atoms with E-state index in [4.69, 9.17) is 4.74 Å². The van der Waals surface area contributed by atoms with Crippen LogP contribution in [0.5, 0.6) is 0 Å². The standard InChI is InChI=1S/C16H16O3/c17-15(13-7-3-1-4-8-13)11-12-19-16(18)14-9-5-2-6-10-14/h1-10,15,17H,11-12H2. The fraction of sp³-hybridized carbons (Fsp3) is 0.188. The molecule has 2 aromatic carbocycles. The van der Waals surface area contributed by atoms with Gasteiger partial charge in [0.2, 0.25) is 0 Å². The summed E-state index contributed by atoms with van der Waals surface area (Å²) in [4.78, 5) is 11.7. The van der Waals surface area contributed by atoms with Gasteiger partial charge in [0, 0.05) is 6.42 Å². The van der Waals surface area contributed by atoms with Crippen LogP contribution in [0.4, 0.5) is 0 Å². The molecule has 0 aliphatic rings. The van der Waals surface area contributed by atoms with E-state index in [2.05, 4.69) is 0 Å². The molecule has 0 aliphatic heterocycles. The average molecular weight is 256 g/mol. The molecule has 3 heteroatoms. The molecular formula is C16H16O3. The molecule has 0 bridgehead atoms. The summed E-state index contributed by atoms with van der Waals surface area (Å²) in [5.74, 6) is -0.360. The van der Waals surface area contributed by atoms with E-state index < -0.39 is 6.10 Å². The third-order valence-electron chi connectivity index (χ3n) is 2.82. The molecule has 0 radical (unpaired) electrons. The van der Waals surface area contributed by atoms with Crippen molar-refractivity contribution in [1.29, 1.82) is 0 Å². The fourth-order valence-corrected chi connectivity index (χ4v) is 1.76. The van der Waals surface area contributed by atoms with Crippen molar-refractivity contribution in [2.75, 3.05) is 6.61 Å². The number of ether oxygens (including phenoxy) is 1. The van der Waals surface area contributed by atoms with Crippen LogP contribution >= 0.6 is 0 Å². The van der Waals surface area contributed by atoms with Crippen LogP contribution in [0.3, 0.4) is 0 Å². The predicted molar refractivity (Wildman–Crippen MR) is 72.7 cm³/mol. The Morgan fingerprint density at radius 3 is 2.21 bits per heavy atom. The summed E-state index contributed by atoms with van der Waals surface area (Å²) >= 11 is 0. The molecule has 3 nitrogen and oxygen atoms in total. The molecule has 0 saturated heterocycles. The predicted octanol–water partition coefficient (Wildman–Crippen LogP) is 2.97. The van der Waals surface area contributed by atoms with Gasteiger partial charge < -0.3 is 9.84 Å². The molecule has 0 fully saturated rings. The molecule has 19 heavy (non-hydrogen) atoms. The van der Waals surface area contributed by atoms with Gasteiger partial charge in [-0.2, -0.15) is 0 Å². The Morgan fingerprint density at radius 2 is 1.58 bits per heavy atom. The maximum atomic E-state index is 11.7. The smallest absolute Gasteiger partial charge is 0.338 e. The Morgan fingerprint density at radius 1 is 1.00 bits per heavy atom. The van der Waals surface area contributed by atoms with E-state index in [9.17, 15) is 9.90 Å². The van der Waals surface area contributed by atoms with Crippen molar-refractivity contribution in [1.82, 2.24) is 0 Å². The molecule has 1 N–H and O–H groups in total. The van der Waals surface area contributed by atoms with Gasteiger partial charge in [0.05, 0.1) is 18.3 Å². The monoisotopic (exact) mass is 256 g/mol. The highest BCUT2D eigenvalue weighted by atomic mass is 16.5. The minimum Gasteiger partial charge on any atom is -0.462 e. The minimum atomic E-state index is -0.607. The molecule has 0 amide bonds. The van der Waals surface area contributed by atoms with Gasteiger partial charge in [-0.3, -0.25) is 0 Å². The summed E-state index contributed by atoms with van der Waals surface area (Å²) in [7, 11) is 0. The first-order chi connectivity index (χ1) is 9.27. The van der Waals surface area contributed by atoms with Crippen LogP contribution < -0.4 is 0 Å². The van der Waals surface area contributed by atoms with E-state index in [1.54, 1.807) is 24.3 Å². The number of carbonyl (C=O) groups excluding carboxylic acids is 1. The number of rotatable bonds is 5. The molecule has 2 rings (SSSR count). The first kappa shape index (κ1) is 13.3. The first-order valence-corrected chi connectivity index (χ1v) is 6.22. The number of esters is 1. The lowest BCUT2D eigenvalue weighted by Crippen LogP contribution is -2.09. The van der Waals surface area contributed by atoms with Crippen LogP contribution in [0.1, 0.15) is 28.4 Å². The van der Waals surface area contributed by atoms with Crippen molar-refractivity contribution in [2.45, 2.75) is 12.5 Å². The van der Waals surface area contributed by atoms with Crippen molar-refractivity contribution < 1.29 is 14.6 Å². The molecule has 0 saturated carbocycles. The van der Waals surface area contributed by atoms with Crippen molar-refractivity contribution in [3.63, 3.8) is 0 Å². The normalized spacial score (nSPS) is 11.8. The quantitative estimate of drug-likeness (QED) is 0.836. The third kappa shape index (κ3) is 3.93. The number of hydrogen-bond acceptors (Lipinski definition) is 3. The fourth-order valence-electron chi connectivity index (χ4n) is 1.76. The Labute approximate surface area is 112 Å². The van der Waals surface area contributed by atoms with Crippen LogP contribution in [0.15, 0.2) is 60.7 Å². The summed E-state index contributed by atoms with van der Waals surface area (Å²) in [6.45, 7) is 0.198. The highest BCUT2D eigenvalue weighted by molar-refractivity contribution is 5.89. The molecule has 0 heterocycles. The summed E-state index contributed by atoms with van der Waals surface area (Å²) in [6.07, 6.45) is -0.215. The van der Waals surface area contributed by atoms with Gasteiger partial charge in [0.15, 0.2) is 0 Å². The highest BCUT2D eigenvalue weighted by Crippen LogP contribution is 2.16. The summed E-state index contributed by atoms with van der Waals surface area (Å²) < 4.78 is 5.12. The van der Waals surface area contributed by atoms with E-state index in [1.165, 1.54) is 0 Å². The van der Waals surface area contributed by atoms with E-state index in [1.807, 2.05) is 36.4 Å². The van der Waals surface area contributed by atoms with E-state index in [0.717, 1.165) is 5.56 Å². The SMILES string of the molecule is O=C(OCCC(O)c1ccccc1)c1ccccc1. The van der Waals surface area contributed by atoms with Crippen LogP contribution in [-0.4, -0.2) is 17.7 Å². The number of carbonyl (C=O) groups is 1. The van der Waals surface area contributed by atoms with Crippen LogP contribution in [0, 0.1) is 0 Å². The first-order valence-electron chi connectivity index (χ1n) is 6.22. The second kappa shape index (κ2) is 6.71. The van der Waals surface area contributed by atoms with Crippen molar-refractivity contribution in [3.8, 4) is 0 Å². The van der Waals surface area contributed by atoms with Crippen molar-refractivity contribution >= 4 is 5.97 Å². The largest absolute Gasteiger partial charge is 0.462 e. The number of hydrogen-bond donors (Lipinski definition) is 1. The maximum Gasteiger partial charge on any atom is 0.338 e. The molecule has 0 aliphatic carbocycles. The Bertz CT molecular complexity index is 508. The highest BCUT2D eigenvalue weighted by Gasteiger charge is 2.10. The lowest BCUT2D eigenvalue weighted by atomic mass is 10.1. The van der Waals surface area contributed by atoms with Gasteiger partial charge >= 0.3 is 5.97 Å². The number of aliphatic hydroxyl groups excluding tert-OH is 1. The zero-order valence-electron chi connectivity index (χ0n) is 10.5. The molecule has 98 valence electrons. The van der Waals surface area contributed by atoms with Gasteiger partial charge in [0.1, 0.15) is 0 Å². The topological polar surface area (TPSA) is 46.5 Å². The lowest BCUT2D eigenvalue weighted by molar-refractivity contribution is 0.0430. The van der Waals surface area contributed by atoms with E-state index in [-0.39, 0.29) is 12.6 Å². The van der Waals surface area contributed by atoms with Crippen LogP contribution in [-0.2, 0) is 4.74 Å². The zero-order chi connectivity index (χ0) is 13.5. The van der Waals surface area contributed by atoms with Crippen LogP contribution in [0.2, 0.25) is 0 Å². The maximum absolute atomic E-state index is 11.7. The minimum absolute atomic E-state index is 0.198. The lowest BCUT2D eigenvalue weighted by Gasteiger charge is -2.11. The Hall–Kier alpha value is -2.13. The Balaban J connectivity index is 1.79. The summed E-state index contributed by atoms with van der Waals surface area (Å²) in [6, 6.07) is 18.2. The Kier molecular flexibility index (Phi) is 4.70. The van der Waals surface area contributed by atoms with Gasteiger partial charge in [-0.1, -0.05) is 48.5 Å². The molecule has 1 atom stereocenters. The average Bonchev–Trinajstić information content (AvgIpc) is 2.49. The summed E-state index contributed by atoms with van der Waals surface area (Å²) in [5.41, 5.74) is 1.36. The number of aliphatic hydroxyl groups is 1. The van der Waals surface area contributed by atoms with Gasteiger partial charge in [-0.15, -0.1) is 0 Å². The molecule has 1 unspecified atom stereocenters. The van der Waals surface area contributed by atoms with Crippen molar-refractivity contribution in [2.24, 2.45) is 0 Å². The summed E-state index contributed by atoms with van der Waals surface area (Å²) in [5, 5.41) is 9.91. The van der Waals surface area contributed by atoms with Gasteiger partial charge in [0.25, 0.3) is 0 Å². The molecule has 0 aromatic heterocycles. The third-order valence-corrected chi connectivity index (χ3v) is 2.82. The van der Waals surface area contributed by atoms with Crippen molar-refractivity contribution in [3.05, 3.63) is 71.8 Å². The number of benzene rings is 2. The molecule has 2 aromatic rings. The molecule has 0 spiro atoms. The second-order valence-corrected chi connectivity index (χ2v) is 4.22. The van der Waals surface area contributed by atoms with Gasteiger partial charge in [-0.25, -0.2) is 4.79 Å². The molecular weight excluding hydrogens is 240 g/mol. The van der Waals surface area contributed by atoms with E-state index in [0.29, 0.717) is 12.0 Å². The van der Waals surface area contributed by atoms with Crippen LogP contribution in [0.25, 0.3) is 0 Å².